The highest BCUT2D eigenvalue weighted by molar-refractivity contribution is 5.63. The normalized spacial score (nSPS) is 31.6. The van der Waals surface area contributed by atoms with Crippen LogP contribution in [-0.4, -0.2) is 29.5 Å². The Balaban J connectivity index is 2.11. The third kappa shape index (κ3) is 2.51. The second-order valence-electron chi connectivity index (χ2n) is 7.46. The van der Waals surface area contributed by atoms with Crippen LogP contribution < -0.4 is 5.73 Å². The number of nitrogens with zero attached hydrogens (tertiary/aromatic N) is 2. The molecule has 1 saturated heterocycles. The highest BCUT2D eigenvalue weighted by atomic mass is 16.6. The Morgan fingerprint density at radius 2 is 2.09 bits per heavy atom. The highest BCUT2D eigenvalue weighted by Crippen LogP contribution is 2.52. The molecule has 1 aromatic rings. The summed E-state index contributed by atoms with van der Waals surface area (Å²) in [4.78, 5) is 13.2. The van der Waals surface area contributed by atoms with Gasteiger partial charge in [0.05, 0.1) is 4.92 Å². The molecule has 0 bridgehead atoms. The zero-order valence-electron chi connectivity index (χ0n) is 14.3. The summed E-state index contributed by atoms with van der Waals surface area (Å²) in [7, 11) is 2.21. The number of nitrogen functional groups attached to an aromatic ring is 1. The first-order valence-electron chi connectivity index (χ1n) is 8.62. The van der Waals surface area contributed by atoms with Crippen molar-refractivity contribution < 1.29 is 4.92 Å². The van der Waals surface area contributed by atoms with Gasteiger partial charge in [0, 0.05) is 17.5 Å². The second kappa shape index (κ2) is 5.78. The molecule has 0 radical (unpaired) electrons. The smallest absolute Gasteiger partial charge is 0.292 e. The van der Waals surface area contributed by atoms with E-state index in [1.165, 1.54) is 31.2 Å². The lowest BCUT2D eigenvalue weighted by atomic mass is 9.56. The molecule has 0 amide bonds. The van der Waals surface area contributed by atoms with Gasteiger partial charge in [-0.05, 0) is 69.8 Å². The summed E-state index contributed by atoms with van der Waals surface area (Å²) < 4.78 is 0. The quantitative estimate of drug-likeness (QED) is 0.513. The van der Waals surface area contributed by atoms with Crippen molar-refractivity contribution in [1.82, 2.24) is 4.90 Å². The molecule has 1 aliphatic carbocycles. The summed E-state index contributed by atoms with van der Waals surface area (Å²) in [5, 5.41) is 11.2. The molecule has 3 unspecified atom stereocenters. The van der Waals surface area contributed by atoms with E-state index >= 15 is 0 Å². The average Bonchev–Trinajstić information content (AvgIpc) is 2.53. The number of hydrogen-bond acceptors (Lipinski definition) is 4. The van der Waals surface area contributed by atoms with E-state index in [2.05, 4.69) is 18.9 Å². The lowest BCUT2D eigenvalue weighted by molar-refractivity contribution is -0.384. The van der Waals surface area contributed by atoms with Gasteiger partial charge in [-0.25, -0.2) is 0 Å². The molecule has 126 valence electrons. The summed E-state index contributed by atoms with van der Waals surface area (Å²) in [5.41, 5.74) is 8.78. The first-order chi connectivity index (χ1) is 10.9. The topological polar surface area (TPSA) is 72.4 Å². The maximum absolute atomic E-state index is 11.2. The van der Waals surface area contributed by atoms with Crippen molar-refractivity contribution >= 4 is 11.4 Å². The van der Waals surface area contributed by atoms with Crippen LogP contribution in [0.25, 0.3) is 0 Å². The first-order valence-corrected chi connectivity index (χ1v) is 8.62. The maximum atomic E-state index is 11.2. The van der Waals surface area contributed by atoms with E-state index in [0.717, 1.165) is 18.5 Å². The number of likely N-dealkylation sites (tertiary alicyclic amines) is 1. The molecule has 0 aromatic heterocycles. The van der Waals surface area contributed by atoms with E-state index in [-0.39, 0.29) is 16.0 Å². The van der Waals surface area contributed by atoms with Gasteiger partial charge >= 0.3 is 0 Å². The fraction of sp³-hybridized carbons (Fsp3) is 0.667. The number of nitro benzene ring substituents is 1. The van der Waals surface area contributed by atoms with Gasteiger partial charge in [0.15, 0.2) is 0 Å². The third-order valence-corrected chi connectivity index (χ3v) is 6.39. The minimum atomic E-state index is -0.376. The van der Waals surface area contributed by atoms with Crippen LogP contribution in [0.1, 0.15) is 50.2 Å². The minimum Gasteiger partial charge on any atom is -0.393 e. The summed E-state index contributed by atoms with van der Waals surface area (Å²) >= 11 is 0. The van der Waals surface area contributed by atoms with Gasteiger partial charge in [0.2, 0.25) is 0 Å². The predicted molar refractivity (Wildman–Crippen MR) is 92.6 cm³/mol. The SMILES string of the molecule is Cc1cc([N+](=O)[O-])c(N)cc1C12CCCCC1C(C)N(C)CC2. The maximum Gasteiger partial charge on any atom is 0.292 e. The number of fused-ring (bicyclic) bond motifs is 1. The van der Waals surface area contributed by atoms with Crippen LogP contribution in [0.15, 0.2) is 12.1 Å². The Bertz CT molecular complexity index is 631. The number of benzene rings is 1. The molecular weight excluding hydrogens is 290 g/mol. The van der Waals surface area contributed by atoms with Gasteiger partial charge in [-0.1, -0.05) is 12.8 Å². The number of nitro groups is 1. The largest absolute Gasteiger partial charge is 0.393 e. The molecule has 23 heavy (non-hydrogen) atoms. The Hall–Kier alpha value is -1.62. The monoisotopic (exact) mass is 317 g/mol. The summed E-state index contributed by atoms with van der Waals surface area (Å²) in [6, 6.07) is 4.12. The van der Waals surface area contributed by atoms with E-state index in [9.17, 15) is 10.1 Å². The van der Waals surface area contributed by atoms with Gasteiger partial charge in [-0.15, -0.1) is 0 Å². The van der Waals surface area contributed by atoms with Crippen LogP contribution in [0.5, 0.6) is 0 Å². The fourth-order valence-corrected chi connectivity index (χ4v) is 5.04. The van der Waals surface area contributed by atoms with E-state index in [4.69, 9.17) is 5.73 Å². The first kappa shape index (κ1) is 16.2. The molecule has 3 atom stereocenters. The molecule has 1 saturated carbocycles. The van der Waals surface area contributed by atoms with Crippen LogP contribution in [0.4, 0.5) is 11.4 Å². The van der Waals surface area contributed by atoms with E-state index in [1.807, 2.05) is 13.0 Å². The van der Waals surface area contributed by atoms with Gasteiger partial charge in [0.25, 0.3) is 5.69 Å². The van der Waals surface area contributed by atoms with Crippen LogP contribution >= 0.6 is 0 Å². The van der Waals surface area contributed by atoms with Crippen molar-refractivity contribution in [2.24, 2.45) is 5.92 Å². The molecule has 2 fully saturated rings. The average molecular weight is 317 g/mol. The molecule has 1 aliphatic heterocycles. The lowest BCUT2D eigenvalue weighted by Crippen LogP contribution is -2.55. The van der Waals surface area contributed by atoms with Crippen LogP contribution in [0.3, 0.4) is 0 Å². The number of piperidine rings is 1. The molecule has 2 N–H and O–H groups in total. The Morgan fingerprint density at radius 3 is 2.78 bits per heavy atom. The van der Waals surface area contributed by atoms with Crippen molar-refractivity contribution in [3.63, 3.8) is 0 Å². The van der Waals surface area contributed by atoms with Crippen molar-refractivity contribution in [2.75, 3.05) is 19.3 Å². The van der Waals surface area contributed by atoms with E-state index < -0.39 is 0 Å². The van der Waals surface area contributed by atoms with Crippen LogP contribution in [0, 0.1) is 23.0 Å². The van der Waals surface area contributed by atoms with Crippen LogP contribution in [0.2, 0.25) is 0 Å². The van der Waals surface area contributed by atoms with Crippen molar-refractivity contribution in [3.8, 4) is 0 Å². The lowest BCUT2D eigenvalue weighted by Gasteiger charge is -2.54. The van der Waals surface area contributed by atoms with E-state index in [0.29, 0.717) is 17.6 Å². The summed E-state index contributed by atoms with van der Waals surface area (Å²) in [5.74, 6) is 0.606. The molecule has 1 aromatic carbocycles. The molecule has 0 spiro atoms. The molecule has 3 rings (SSSR count). The van der Waals surface area contributed by atoms with E-state index in [1.54, 1.807) is 6.07 Å². The Kier molecular flexibility index (Phi) is 4.08. The Morgan fingerprint density at radius 1 is 1.35 bits per heavy atom. The zero-order valence-corrected chi connectivity index (χ0v) is 14.3. The molecule has 2 aliphatic rings. The van der Waals surface area contributed by atoms with Crippen LogP contribution in [-0.2, 0) is 5.41 Å². The highest BCUT2D eigenvalue weighted by Gasteiger charge is 2.48. The molecule has 5 heteroatoms. The van der Waals surface area contributed by atoms with Gasteiger partial charge < -0.3 is 10.6 Å². The number of anilines is 1. The van der Waals surface area contributed by atoms with Gasteiger partial charge in [0.1, 0.15) is 5.69 Å². The summed E-state index contributed by atoms with van der Waals surface area (Å²) in [6.45, 7) is 5.41. The standard InChI is InChI=1S/C18H27N3O2/c1-12-10-17(21(22)23)16(19)11-15(12)18-7-5-4-6-14(18)13(2)20(3)9-8-18/h10-11,13-14H,4-9,19H2,1-3H3. The zero-order chi connectivity index (χ0) is 16.8. The number of aryl methyl sites for hydroxylation is 1. The Labute approximate surface area is 138 Å². The fourth-order valence-electron chi connectivity index (χ4n) is 5.04. The summed E-state index contributed by atoms with van der Waals surface area (Å²) in [6.07, 6.45) is 6.06. The van der Waals surface area contributed by atoms with Crippen molar-refractivity contribution in [2.45, 2.75) is 57.4 Å². The van der Waals surface area contributed by atoms with Gasteiger partial charge in [-0.3, -0.25) is 10.1 Å². The predicted octanol–water partition coefficient (Wildman–Crippen LogP) is 3.64. The van der Waals surface area contributed by atoms with Crippen molar-refractivity contribution in [3.05, 3.63) is 33.4 Å². The molecule has 5 nitrogen and oxygen atoms in total. The minimum absolute atomic E-state index is 0.0379. The molecule has 1 heterocycles. The van der Waals surface area contributed by atoms with Crippen molar-refractivity contribution in [1.29, 1.82) is 0 Å². The van der Waals surface area contributed by atoms with Gasteiger partial charge in [-0.2, -0.15) is 0 Å². The molecular formula is C18H27N3O2. The second-order valence-corrected chi connectivity index (χ2v) is 7.46. The number of hydrogen-bond donors (Lipinski definition) is 1. The number of rotatable bonds is 2. The third-order valence-electron chi connectivity index (χ3n) is 6.39. The number of nitrogens with two attached hydrogens (primary N) is 1.